The number of halogens is 2. The van der Waals surface area contributed by atoms with Crippen LogP contribution >= 0.6 is 56.9 Å². The van der Waals surface area contributed by atoms with Crippen LogP contribution in [0.25, 0.3) is 6.08 Å². The van der Waals surface area contributed by atoms with Crippen LogP contribution < -0.4 is 4.74 Å². The Bertz CT molecular complexity index is 823. The lowest BCUT2D eigenvalue weighted by Crippen LogP contribution is -2.42. The molecule has 0 N–H and O–H groups in total. The topological polar surface area (TPSA) is 72.9 Å². The monoisotopic (exact) mass is 597 g/mol. The van der Waals surface area contributed by atoms with E-state index in [4.69, 9.17) is 11.2 Å². The van der Waals surface area contributed by atoms with E-state index in [-0.39, 0.29) is 11.5 Å². The summed E-state index contributed by atoms with van der Waals surface area (Å²) in [6.07, 6.45) is 6.83. The van der Waals surface area contributed by atoms with Crippen molar-refractivity contribution in [2.45, 2.75) is 13.0 Å². The molecule has 6 nitrogen and oxygen atoms in total. The summed E-state index contributed by atoms with van der Waals surface area (Å²) in [7, 11) is 1.21. The quantitative estimate of drug-likeness (QED) is 0.224. The summed E-state index contributed by atoms with van der Waals surface area (Å²) in [5.74, 6) is 1.93. The van der Waals surface area contributed by atoms with Gasteiger partial charge in [0, 0.05) is 0 Å². The minimum absolute atomic E-state index is 0.162. The van der Waals surface area contributed by atoms with Crippen LogP contribution in [-0.4, -0.2) is 41.8 Å². The van der Waals surface area contributed by atoms with Crippen LogP contribution in [0.1, 0.15) is 12.5 Å². The Morgan fingerprint density at radius 3 is 2.54 bits per heavy atom. The van der Waals surface area contributed by atoms with Gasteiger partial charge in [-0.1, -0.05) is 5.92 Å². The zero-order valence-corrected chi connectivity index (χ0v) is 18.9. The summed E-state index contributed by atoms with van der Waals surface area (Å²) in [4.78, 5) is 37.4. The van der Waals surface area contributed by atoms with E-state index in [1.807, 2.05) is 12.1 Å². The number of hydrogen-bond donors (Lipinski definition) is 0. The molecule has 0 spiro atoms. The van der Waals surface area contributed by atoms with Crippen molar-refractivity contribution in [2.24, 2.45) is 0 Å². The third kappa shape index (κ3) is 4.52. The molecule has 1 aliphatic rings. The predicted octanol–water partition coefficient (Wildman–Crippen LogP) is 3.51. The summed E-state index contributed by atoms with van der Waals surface area (Å²) in [6.45, 7) is 1.62. The molecule has 136 valence electrons. The van der Waals surface area contributed by atoms with Gasteiger partial charge in [-0.2, -0.15) is 0 Å². The fourth-order valence-electron chi connectivity index (χ4n) is 2.16. The van der Waals surface area contributed by atoms with E-state index in [1.165, 1.54) is 14.0 Å². The summed E-state index contributed by atoms with van der Waals surface area (Å²) in [6, 6.07) is 2.68. The van der Waals surface area contributed by atoms with Gasteiger partial charge in [0.1, 0.15) is 18.4 Å². The van der Waals surface area contributed by atoms with Crippen molar-refractivity contribution in [1.82, 2.24) is 4.90 Å². The number of thioether (sulfide) groups is 1. The maximum Gasteiger partial charge on any atom is 0.328 e. The van der Waals surface area contributed by atoms with Gasteiger partial charge < -0.3 is 9.47 Å². The van der Waals surface area contributed by atoms with Crippen LogP contribution in [0.4, 0.5) is 4.79 Å². The molecule has 1 fully saturated rings. The number of imide groups is 1. The number of nitrogens with zero attached hydrogens (tertiary/aromatic N) is 1. The van der Waals surface area contributed by atoms with Gasteiger partial charge in [0.2, 0.25) is 0 Å². The number of rotatable bonds is 5. The van der Waals surface area contributed by atoms with Gasteiger partial charge in [0.15, 0.2) is 0 Å². The van der Waals surface area contributed by atoms with E-state index >= 15 is 0 Å². The zero-order chi connectivity index (χ0) is 19.4. The summed E-state index contributed by atoms with van der Waals surface area (Å²) < 4.78 is 11.8. The average Bonchev–Trinajstić information content (AvgIpc) is 2.86. The lowest BCUT2D eigenvalue weighted by molar-refractivity contribution is -0.148. The summed E-state index contributed by atoms with van der Waals surface area (Å²) in [5, 5.41) is -0.502. The van der Waals surface area contributed by atoms with Crippen molar-refractivity contribution in [1.29, 1.82) is 0 Å². The molecule has 2 rings (SSSR count). The first kappa shape index (κ1) is 21.0. The second kappa shape index (κ2) is 9.09. The van der Waals surface area contributed by atoms with Crippen molar-refractivity contribution in [3.8, 4) is 18.1 Å². The largest absolute Gasteiger partial charge is 0.479 e. The third-order valence-corrected chi connectivity index (χ3v) is 5.86. The molecule has 0 unspecified atom stereocenters. The van der Waals surface area contributed by atoms with E-state index in [0.717, 1.165) is 29.4 Å². The number of amides is 2. The van der Waals surface area contributed by atoms with Crippen molar-refractivity contribution in [2.75, 3.05) is 13.7 Å². The van der Waals surface area contributed by atoms with Crippen molar-refractivity contribution < 1.29 is 23.9 Å². The van der Waals surface area contributed by atoms with Gasteiger partial charge >= 0.3 is 5.97 Å². The highest BCUT2D eigenvalue weighted by Gasteiger charge is 2.41. The van der Waals surface area contributed by atoms with Gasteiger partial charge in [-0.3, -0.25) is 14.5 Å². The van der Waals surface area contributed by atoms with Crippen LogP contribution in [0.3, 0.4) is 0 Å². The number of carbonyl (C=O) groups excluding carboxylic acids is 3. The fraction of sp³-hybridized carbons (Fsp3) is 0.235. The van der Waals surface area contributed by atoms with E-state index in [2.05, 4.69) is 55.8 Å². The molecule has 1 aliphatic heterocycles. The number of carbonyl (C=O) groups is 3. The SMILES string of the molecule is C#CCOc1c(I)cc(/C=C2/SC(=O)N([C@H](C)C(=O)OC)C2=O)cc1I. The molecule has 0 aliphatic carbocycles. The Labute approximate surface area is 182 Å². The molecular formula is C17H13I2NO5S. The van der Waals surface area contributed by atoms with Gasteiger partial charge in [0.25, 0.3) is 11.1 Å². The Hall–Kier alpha value is -1.26. The fourth-order valence-corrected chi connectivity index (χ4v) is 5.19. The molecular weight excluding hydrogens is 584 g/mol. The molecule has 1 saturated heterocycles. The third-order valence-electron chi connectivity index (χ3n) is 3.37. The molecule has 1 aromatic carbocycles. The molecule has 0 aromatic heterocycles. The van der Waals surface area contributed by atoms with Crippen LogP contribution in [0.15, 0.2) is 17.0 Å². The van der Waals surface area contributed by atoms with Crippen LogP contribution in [0.2, 0.25) is 0 Å². The number of terminal acetylenes is 1. The standard InChI is InChI=1S/C17H13I2NO5S/c1-4-5-25-14-11(18)6-10(7-12(14)19)8-13-15(21)20(17(23)26-13)9(2)16(22)24-3/h1,6-9H,5H2,2-3H3/b13-8+/t9-/m1/s1. The van der Waals surface area contributed by atoms with Gasteiger partial charge in [-0.25, -0.2) is 4.79 Å². The second-order valence-corrected chi connectivity index (χ2v) is 8.37. The van der Waals surface area contributed by atoms with Crippen LogP contribution in [0.5, 0.6) is 5.75 Å². The highest BCUT2D eigenvalue weighted by atomic mass is 127. The molecule has 9 heteroatoms. The van der Waals surface area contributed by atoms with Crippen molar-refractivity contribution >= 4 is 80.1 Å². The van der Waals surface area contributed by atoms with E-state index in [9.17, 15) is 14.4 Å². The normalized spacial score (nSPS) is 16.6. The summed E-state index contributed by atoms with van der Waals surface area (Å²) >= 11 is 5.03. The lowest BCUT2D eigenvalue weighted by Gasteiger charge is -2.18. The average molecular weight is 597 g/mol. The zero-order valence-electron chi connectivity index (χ0n) is 13.7. The molecule has 0 radical (unpaired) electrons. The first-order valence-electron chi connectivity index (χ1n) is 7.20. The molecule has 2 amide bonds. The van der Waals surface area contributed by atoms with Crippen LogP contribution in [0, 0.1) is 19.5 Å². The Morgan fingerprint density at radius 1 is 1.38 bits per heavy atom. The minimum Gasteiger partial charge on any atom is -0.479 e. The Balaban J connectivity index is 2.31. The Morgan fingerprint density at radius 2 is 2.00 bits per heavy atom. The van der Waals surface area contributed by atoms with E-state index in [0.29, 0.717) is 5.75 Å². The second-order valence-electron chi connectivity index (χ2n) is 5.06. The first-order chi connectivity index (χ1) is 12.3. The predicted molar refractivity (Wildman–Crippen MR) is 115 cm³/mol. The molecule has 1 aromatic rings. The number of esters is 1. The van der Waals surface area contributed by atoms with Gasteiger partial charge in [-0.05, 0) is 87.6 Å². The number of ether oxygens (including phenoxy) is 2. The van der Waals surface area contributed by atoms with Gasteiger partial charge in [-0.15, -0.1) is 6.42 Å². The van der Waals surface area contributed by atoms with Crippen molar-refractivity contribution in [3.63, 3.8) is 0 Å². The summed E-state index contributed by atoms with van der Waals surface area (Å²) in [5.41, 5.74) is 0.739. The highest BCUT2D eigenvalue weighted by Crippen LogP contribution is 2.35. The smallest absolute Gasteiger partial charge is 0.328 e. The molecule has 0 saturated carbocycles. The van der Waals surface area contributed by atoms with Crippen molar-refractivity contribution in [3.05, 3.63) is 29.7 Å². The Kier molecular flexibility index (Phi) is 7.36. The lowest BCUT2D eigenvalue weighted by atomic mass is 10.2. The number of hydrogen-bond acceptors (Lipinski definition) is 6. The maximum absolute atomic E-state index is 12.5. The van der Waals surface area contributed by atoms with E-state index < -0.39 is 23.2 Å². The number of benzene rings is 1. The van der Waals surface area contributed by atoms with Gasteiger partial charge in [0.05, 0.1) is 19.2 Å². The number of methoxy groups -OCH3 is 1. The van der Waals surface area contributed by atoms with E-state index in [1.54, 1.807) is 6.08 Å². The molecule has 26 heavy (non-hydrogen) atoms. The molecule has 0 bridgehead atoms. The van der Waals surface area contributed by atoms with Crippen LogP contribution in [-0.2, 0) is 14.3 Å². The highest BCUT2D eigenvalue weighted by molar-refractivity contribution is 14.1. The molecule has 1 heterocycles. The molecule has 1 atom stereocenters. The minimum atomic E-state index is -0.974. The first-order valence-corrected chi connectivity index (χ1v) is 10.2. The maximum atomic E-state index is 12.5.